The lowest BCUT2D eigenvalue weighted by atomic mass is 10.0. The van der Waals surface area contributed by atoms with E-state index in [0.717, 1.165) is 11.1 Å². The zero-order valence-electron chi connectivity index (χ0n) is 17.4. The highest BCUT2D eigenvalue weighted by atomic mass is 35.5. The molecule has 3 atom stereocenters. The first-order valence-corrected chi connectivity index (χ1v) is 9.68. The third kappa shape index (κ3) is 6.70. The van der Waals surface area contributed by atoms with Crippen LogP contribution in [0, 0.1) is 0 Å². The van der Waals surface area contributed by atoms with E-state index in [0.29, 0.717) is 18.7 Å². The number of anilines is 1. The number of nitrogens with one attached hydrogen (secondary N) is 2. The molecule has 1 heterocycles. The number of carbonyl (C=O) groups is 3. The van der Waals surface area contributed by atoms with Gasteiger partial charge in [0.05, 0.1) is 0 Å². The van der Waals surface area contributed by atoms with Gasteiger partial charge in [0.25, 0.3) is 11.8 Å². The monoisotopic (exact) mass is 446 g/mol. The lowest BCUT2D eigenvalue weighted by molar-refractivity contribution is -0.134. The zero-order valence-corrected chi connectivity index (χ0v) is 18.2. The largest absolute Gasteiger partial charge is 0.399 e. The number of hydrogen-bond acceptors (Lipinski definition) is 5. The van der Waals surface area contributed by atoms with Crippen LogP contribution in [-0.4, -0.2) is 55.0 Å². The molecule has 0 spiro atoms. The Morgan fingerprint density at radius 1 is 0.968 bits per heavy atom. The van der Waals surface area contributed by atoms with E-state index < -0.39 is 24.2 Å². The second-order valence-electron chi connectivity index (χ2n) is 7.42. The molecular weight excluding hydrogens is 420 g/mol. The lowest BCUT2D eigenvalue weighted by Crippen LogP contribution is -2.49. The molecule has 1 fully saturated rings. The Morgan fingerprint density at radius 2 is 1.58 bits per heavy atom. The Labute approximate surface area is 187 Å². The fourth-order valence-electron chi connectivity index (χ4n) is 3.05. The van der Waals surface area contributed by atoms with Gasteiger partial charge in [-0.1, -0.05) is 42.5 Å². The van der Waals surface area contributed by atoms with Gasteiger partial charge < -0.3 is 26.0 Å². The molecule has 1 aliphatic rings. The van der Waals surface area contributed by atoms with Gasteiger partial charge in [0.15, 0.2) is 12.2 Å². The summed E-state index contributed by atoms with van der Waals surface area (Å²) in [5, 5.41) is 5.46. The number of hydrogen-bond donors (Lipinski definition) is 3. The number of rotatable bonds is 8. The highest BCUT2D eigenvalue weighted by Crippen LogP contribution is 2.23. The van der Waals surface area contributed by atoms with Crippen molar-refractivity contribution < 1.29 is 19.1 Å². The summed E-state index contributed by atoms with van der Waals surface area (Å²) >= 11 is 0. The molecule has 0 aliphatic carbocycles. The molecule has 8 nitrogen and oxygen atoms in total. The average molecular weight is 447 g/mol. The van der Waals surface area contributed by atoms with Crippen molar-refractivity contribution in [2.45, 2.75) is 31.2 Å². The second kappa shape index (κ2) is 10.8. The average Bonchev–Trinajstić information content (AvgIpc) is 3.54. The van der Waals surface area contributed by atoms with Crippen molar-refractivity contribution in [3.8, 4) is 0 Å². The minimum atomic E-state index is -0.898. The van der Waals surface area contributed by atoms with Crippen molar-refractivity contribution in [3.05, 3.63) is 65.7 Å². The first-order valence-electron chi connectivity index (χ1n) is 9.68. The molecule has 4 N–H and O–H groups in total. The number of epoxide rings is 1. The Kier molecular flexibility index (Phi) is 8.41. The highest BCUT2D eigenvalue weighted by molar-refractivity contribution is 5.97. The van der Waals surface area contributed by atoms with Gasteiger partial charge in [-0.05, 0) is 23.3 Å². The highest BCUT2D eigenvalue weighted by Gasteiger charge is 2.50. The number of benzene rings is 2. The molecule has 3 rings (SSSR count). The normalized spacial score (nSPS) is 17.6. The molecule has 2 aromatic rings. The number of halogens is 1. The molecular formula is C22H27ClN4O4. The lowest BCUT2D eigenvalue weighted by Gasteiger charge is -2.21. The maximum Gasteiger partial charge on any atom is 0.253 e. The van der Waals surface area contributed by atoms with Gasteiger partial charge in [-0.15, -0.1) is 12.4 Å². The van der Waals surface area contributed by atoms with Crippen LogP contribution in [0.15, 0.2) is 54.6 Å². The standard InChI is InChI=1S/C22H26N4O4.ClH/c1-26(2)22(29)17(12-14-6-4-3-5-7-14)25-21(28)19-18(30-19)20(27)24-13-15-8-10-16(23)11-9-15;/h3-11,17-19H,12-13,23H2,1-2H3,(H,24,27)(H,25,28);1H/t17-,18-,19-;/m0./s1. The summed E-state index contributed by atoms with van der Waals surface area (Å²) in [5.41, 5.74) is 8.10. The predicted molar refractivity (Wildman–Crippen MR) is 119 cm³/mol. The quantitative estimate of drug-likeness (QED) is 0.411. The SMILES string of the molecule is CN(C)C(=O)[C@H](Cc1ccccc1)NC(=O)[C@H]1O[C@@H]1C(=O)NCc1ccc(N)cc1.Cl. The van der Waals surface area contributed by atoms with Crippen LogP contribution in [-0.2, 0) is 32.1 Å². The van der Waals surface area contributed by atoms with E-state index in [1.54, 1.807) is 26.2 Å². The van der Waals surface area contributed by atoms with E-state index in [1.165, 1.54) is 4.90 Å². The summed E-state index contributed by atoms with van der Waals surface area (Å²) in [6, 6.07) is 15.8. The zero-order chi connectivity index (χ0) is 21.7. The molecule has 3 amide bonds. The van der Waals surface area contributed by atoms with Crippen LogP contribution in [0.4, 0.5) is 5.69 Å². The maximum atomic E-state index is 12.6. The number of ether oxygens (including phenoxy) is 1. The summed E-state index contributed by atoms with van der Waals surface area (Å²) in [6.07, 6.45) is -1.40. The third-order valence-corrected chi connectivity index (χ3v) is 4.79. The molecule has 1 aliphatic heterocycles. The van der Waals surface area contributed by atoms with Crippen LogP contribution in [0.25, 0.3) is 0 Å². The van der Waals surface area contributed by atoms with E-state index in [9.17, 15) is 14.4 Å². The van der Waals surface area contributed by atoms with Crippen molar-refractivity contribution in [3.63, 3.8) is 0 Å². The van der Waals surface area contributed by atoms with Gasteiger partial charge in [0, 0.05) is 32.7 Å². The van der Waals surface area contributed by atoms with Gasteiger partial charge in [0.1, 0.15) is 6.04 Å². The van der Waals surface area contributed by atoms with Crippen LogP contribution in [0.2, 0.25) is 0 Å². The molecule has 0 aromatic heterocycles. The summed E-state index contributed by atoms with van der Waals surface area (Å²) in [5.74, 6) is -1.07. The minimum Gasteiger partial charge on any atom is -0.399 e. The summed E-state index contributed by atoms with van der Waals surface area (Å²) in [7, 11) is 3.26. The first-order chi connectivity index (χ1) is 14.3. The van der Waals surface area contributed by atoms with E-state index in [2.05, 4.69) is 10.6 Å². The van der Waals surface area contributed by atoms with Crippen LogP contribution in [0.5, 0.6) is 0 Å². The molecule has 166 valence electrons. The number of nitrogens with two attached hydrogens (primary N) is 1. The smallest absolute Gasteiger partial charge is 0.253 e. The van der Waals surface area contributed by atoms with Crippen LogP contribution in [0.3, 0.4) is 0 Å². The fraction of sp³-hybridized carbons (Fsp3) is 0.318. The van der Waals surface area contributed by atoms with Crippen LogP contribution < -0.4 is 16.4 Å². The van der Waals surface area contributed by atoms with Crippen molar-refractivity contribution >= 4 is 35.8 Å². The van der Waals surface area contributed by atoms with Gasteiger partial charge in [-0.2, -0.15) is 0 Å². The van der Waals surface area contributed by atoms with Gasteiger partial charge in [-0.3, -0.25) is 14.4 Å². The Bertz CT molecular complexity index is 905. The number of nitrogens with zero attached hydrogens (tertiary/aromatic N) is 1. The van der Waals surface area contributed by atoms with Crippen LogP contribution >= 0.6 is 12.4 Å². The van der Waals surface area contributed by atoms with E-state index in [1.807, 2.05) is 42.5 Å². The summed E-state index contributed by atoms with van der Waals surface area (Å²) in [4.78, 5) is 38.8. The third-order valence-electron chi connectivity index (χ3n) is 4.79. The number of nitrogen functional groups attached to an aromatic ring is 1. The fourth-order valence-corrected chi connectivity index (χ4v) is 3.05. The van der Waals surface area contributed by atoms with Crippen molar-refractivity contribution in [2.24, 2.45) is 0 Å². The number of likely N-dealkylation sites (N-methyl/N-ethyl adjacent to an activating group) is 1. The van der Waals surface area contributed by atoms with Crippen molar-refractivity contribution in [1.29, 1.82) is 0 Å². The van der Waals surface area contributed by atoms with Crippen molar-refractivity contribution in [1.82, 2.24) is 15.5 Å². The van der Waals surface area contributed by atoms with E-state index in [4.69, 9.17) is 10.5 Å². The molecule has 0 saturated carbocycles. The summed E-state index contributed by atoms with van der Waals surface area (Å²) in [6.45, 7) is 0.309. The van der Waals surface area contributed by atoms with E-state index >= 15 is 0 Å². The maximum absolute atomic E-state index is 12.6. The molecule has 0 bridgehead atoms. The number of carbonyl (C=O) groups excluding carboxylic acids is 3. The molecule has 0 unspecified atom stereocenters. The minimum absolute atomic E-state index is 0. The Hall–Kier alpha value is -3.10. The summed E-state index contributed by atoms with van der Waals surface area (Å²) < 4.78 is 5.27. The van der Waals surface area contributed by atoms with Crippen LogP contribution in [0.1, 0.15) is 11.1 Å². The predicted octanol–water partition coefficient (Wildman–Crippen LogP) is 0.890. The number of amides is 3. The topological polar surface area (TPSA) is 117 Å². The molecule has 1 saturated heterocycles. The molecule has 9 heteroatoms. The Morgan fingerprint density at radius 3 is 2.19 bits per heavy atom. The molecule has 31 heavy (non-hydrogen) atoms. The molecule has 0 radical (unpaired) electrons. The molecule has 2 aromatic carbocycles. The second-order valence-corrected chi connectivity index (χ2v) is 7.42. The van der Waals surface area contributed by atoms with Gasteiger partial charge in [-0.25, -0.2) is 0 Å². The van der Waals surface area contributed by atoms with E-state index in [-0.39, 0.29) is 24.2 Å². The van der Waals surface area contributed by atoms with Gasteiger partial charge >= 0.3 is 0 Å². The van der Waals surface area contributed by atoms with Crippen molar-refractivity contribution in [2.75, 3.05) is 19.8 Å². The Balaban J connectivity index is 0.00000341. The first kappa shape index (κ1) is 24.2. The van der Waals surface area contributed by atoms with Gasteiger partial charge in [0.2, 0.25) is 5.91 Å².